The number of ether oxygens (including phenoxy) is 1. The summed E-state index contributed by atoms with van der Waals surface area (Å²) in [7, 11) is 0. The minimum Gasteiger partial charge on any atom is -0.382 e. The van der Waals surface area contributed by atoms with Gasteiger partial charge < -0.3 is 25.6 Å². The van der Waals surface area contributed by atoms with Gasteiger partial charge in [-0.25, -0.2) is 0 Å². The first kappa shape index (κ1) is 22.9. The maximum atomic E-state index is 5.83. The maximum Gasteiger partial charge on any atom is 0.188 e. The van der Waals surface area contributed by atoms with Crippen molar-refractivity contribution in [2.45, 2.75) is 33.1 Å². The molecule has 3 N–H and O–H groups in total. The summed E-state index contributed by atoms with van der Waals surface area (Å²) in [6.07, 6.45) is 3.29. The van der Waals surface area contributed by atoms with Crippen LogP contribution in [0.15, 0.2) is 4.99 Å². The van der Waals surface area contributed by atoms with Crippen molar-refractivity contribution < 1.29 is 4.74 Å². The molecule has 1 heterocycles. The van der Waals surface area contributed by atoms with Crippen molar-refractivity contribution in [2.24, 2.45) is 10.7 Å². The summed E-state index contributed by atoms with van der Waals surface area (Å²) in [5.41, 5.74) is 5.83. The third-order valence-corrected chi connectivity index (χ3v) is 4.05. The van der Waals surface area contributed by atoms with Crippen molar-refractivity contribution in [3.05, 3.63) is 0 Å². The van der Waals surface area contributed by atoms with Gasteiger partial charge in [-0.15, -0.1) is 24.0 Å². The molecule has 0 saturated carbocycles. The molecule has 0 aliphatic carbocycles. The lowest BCUT2D eigenvalue weighted by atomic mass is 10.2. The molecule has 138 valence electrons. The largest absolute Gasteiger partial charge is 0.382 e. The Labute approximate surface area is 159 Å². The lowest BCUT2D eigenvalue weighted by Crippen LogP contribution is -2.46. The van der Waals surface area contributed by atoms with Gasteiger partial charge in [0.15, 0.2) is 5.96 Å². The number of guanidine groups is 1. The smallest absolute Gasteiger partial charge is 0.188 e. The quantitative estimate of drug-likeness (QED) is 0.219. The minimum absolute atomic E-state index is 0. The number of hydrogen-bond donors (Lipinski definition) is 2. The first-order valence-corrected chi connectivity index (χ1v) is 8.82. The van der Waals surface area contributed by atoms with Crippen LogP contribution in [0.2, 0.25) is 0 Å². The van der Waals surface area contributed by atoms with Crippen LogP contribution in [-0.4, -0.2) is 81.3 Å². The third kappa shape index (κ3) is 12.0. The van der Waals surface area contributed by atoms with Gasteiger partial charge in [0.25, 0.3) is 0 Å². The fourth-order valence-electron chi connectivity index (χ4n) is 2.57. The zero-order chi connectivity index (χ0) is 16.0. The predicted octanol–water partition coefficient (Wildman–Crippen LogP) is 1.35. The summed E-state index contributed by atoms with van der Waals surface area (Å²) in [6.45, 7) is 14.7. The van der Waals surface area contributed by atoms with Gasteiger partial charge in [-0.1, -0.05) is 6.92 Å². The molecular weight excluding hydrogens is 405 g/mol. The van der Waals surface area contributed by atoms with Gasteiger partial charge >= 0.3 is 0 Å². The van der Waals surface area contributed by atoms with Gasteiger partial charge in [0.1, 0.15) is 0 Å². The van der Waals surface area contributed by atoms with Gasteiger partial charge in [0.05, 0.1) is 0 Å². The number of unbranched alkanes of at least 4 members (excludes halogenated alkanes) is 1. The zero-order valence-corrected chi connectivity index (χ0v) is 17.3. The van der Waals surface area contributed by atoms with Gasteiger partial charge in [0.2, 0.25) is 0 Å². The molecule has 0 radical (unpaired) electrons. The normalized spacial score (nSPS) is 17.0. The Balaban J connectivity index is 0.00000484. The number of hydrogen-bond acceptors (Lipinski definition) is 4. The van der Waals surface area contributed by atoms with Crippen LogP contribution >= 0.6 is 24.0 Å². The highest BCUT2D eigenvalue weighted by Gasteiger charge is 2.14. The summed E-state index contributed by atoms with van der Waals surface area (Å²) in [5.74, 6) is 0.563. The Morgan fingerprint density at radius 2 is 1.78 bits per heavy atom. The molecule has 7 heteroatoms. The molecule has 0 unspecified atom stereocenters. The highest BCUT2D eigenvalue weighted by atomic mass is 127. The molecule has 1 rings (SSSR count). The number of rotatable bonds is 11. The number of piperazine rings is 1. The first-order chi connectivity index (χ1) is 10.8. The monoisotopic (exact) mass is 441 g/mol. The molecule has 0 aromatic rings. The molecule has 1 fully saturated rings. The van der Waals surface area contributed by atoms with E-state index < -0.39 is 0 Å². The van der Waals surface area contributed by atoms with Crippen molar-refractivity contribution in [1.82, 2.24) is 15.1 Å². The van der Waals surface area contributed by atoms with E-state index in [0.717, 1.165) is 39.1 Å². The van der Waals surface area contributed by atoms with E-state index in [4.69, 9.17) is 10.5 Å². The lowest BCUT2D eigenvalue weighted by Gasteiger charge is -2.33. The van der Waals surface area contributed by atoms with E-state index in [9.17, 15) is 0 Å². The fourth-order valence-corrected chi connectivity index (χ4v) is 2.57. The number of aliphatic imine (C=N–C) groups is 1. The molecule has 1 aliphatic heterocycles. The topological polar surface area (TPSA) is 66.1 Å². The third-order valence-electron chi connectivity index (χ3n) is 4.05. The fraction of sp³-hybridized carbons (Fsp3) is 0.938. The summed E-state index contributed by atoms with van der Waals surface area (Å²) in [5, 5.41) is 3.19. The van der Waals surface area contributed by atoms with E-state index in [1.165, 1.54) is 45.7 Å². The summed E-state index contributed by atoms with van der Waals surface area (Å²) < 4.78 is 5.26. The molecule has 0 amide bonds. The van der Waals surface area contributed by atoms with Crippen LogP contribution in [0.5, 0.6) is 0 Å². The average molecular weight is 441 g/mol. The molecule has 0 aromatic carbocycles. The molecule has 0 spiro atoms. The van der Waals surface area contributed by atoms with Crippen molar-refractivity contribution in [3.63, 3.8) is 0 Å². The van der Waals surface area contributed by atoms with Gasteiger partial charge in [-0.3, -0.25) is 4.99 Å². The molecule has 0 atom stereocenters. The van der Waals surface area contributed by atoms with Crippen molar-refractivity contribution in [2.75, 3.05) is 65.6 Å². The second kappa shape index (κ2) is 15.4. The molecule has 1 saturated heterocycles. The Hall–Kier alpha value is -0.120. The van der Waals surface area contributed by atoms with E-state index >= 15 is 0 Å². The lowest BCUT2D eigenvalue weighted by molar-refractivity contribution is 0.136. The van der Waals surface area contributed by atoms with Gasteiger partial charge in [-0.05, 0) is 39.3 Å². The van der Waals surface area contributed by atoms with E-state index in [1.807, 2.05) is 6.92 Å². The highest BCUT2D eigenvalue weighted by molar-refractivity contribution is 14.0. The summed E-state index contributed by atoms with van der Waals surface area (Å²) in [4.78, 5) is 9.37. The van der Waals surface area contributed by atoms with E-state index in [1.54, 1.807) is 0 Å². The van der Waals surface area contributed by atoms with Crippen LogP contribution in [-0.2, 0) is 4.74 Å². The van der Waals surface area contributed by atoms with Crippen molar-refractivity contribution >= 4 is 29.9 Å². The van der Waals surface area contributed by atoms with Crippen LogP contribution in [0.3, 0.4) is 0 Å². The Morgan fingerprint density at radius 3 is 2.43 bits per heavy atom. The second-order valence-corrected chi connectivity index (χ2v) is 5.73. The Kier molecular flexibility index (Phi) is 15.3. The van der Waals surface area contributed by atoms with E-state index in [2.05, 4.69) is 27.0 Å². The Bertz CT molecular complexity index is 296. The first-order valence-electron chi connectivity index (χ1n) is 8.82. The van der Waals surface area contributed by atoms with Crippen molar-refractivity contribution in [1.29, 1.82) is 0 Å². The average Bonchev–Trinajstić information content (AvgIpc) is 2.55. The summed E-state index contributed by atoms with van der Waals surface area (Å²) >= 11 is 0. The molecule has 1 aliphatic rings. The van der Waals surface area contributed by atoms with Gasteiger partial charge in [0, 0.05) is 52.5 Å². The SMILES string of the molecule is CCOCCCN=C(N)NCCCCN1CCN(CC)CC1.I. The number of nitrogens with two attached hydrogens (primary N) is 1. The predicted molar refractivity (Wildman–Crippen MR) is 109 cm³/mol. The summed E-state index contributed by atoms with van der Waals surface area (Å²) in [6, 6.07) is 0. The van der Waals surface area contributed by atoms with Crippen LogP contribution in [0.1, 0.15) is 33.1 Å². The molecule has 0 aromatic heterocycles. The van der Waals surface area contributed by atoms with Crippen LogP contribution in [0, 0.1) is 0 Å². The molecule has 0 bridgehead atoms. The van der Waals surface area contributed by atoms with E-state index in [0.29, 0.717) is 5.96 Å². The molecule has 23 heavy (non-hydrogen) atoms. The number of likely N-dealkylation sites (N-methyl/N-ethyl adjacent to an activating group) is 1. The second-order valence-electron chi connectivity index (χ2n) is 5.73. The number of nitrogens with one attached hydrogen (secondary N) is 1. The molecule has 6 nitrogen and oxygen atoms in total. The van der Waals surface area contributed by atoms with E-state index in [-0.39, 0.29) is 24.0 Å². The standard InChI is InChI=1S/C16H35N5O.HI/c1-3-20-11-13-21(14-12-20)10-6-5-8-18-16(17)19-9-7-15-22-4-2;/h3-15H2,1-2H3,(H3,17,18,19);1H. The van der Waals surface area contributed by atoms with Crippen LogP contribution < -0.4 is 11.1 Å². The van der Waals surface area contributed by atoms with Gasteiger partial charge in [-0.2, -0.15) is 0 Å². The molecular formula is C16H36IN5O. The maximum absolute atomic E-state index is 5.83. The highest BCUT2D eigenvalue weighted by Crippen LogP contribution is 2.02. The minimum atomic E-state index is 0. The number of nitrogens with zero attached hydrogens (tertiary/aromatic N) is 3. The number of halogens is 1. The van der Waals surface area contributed by atoms with Crippen molar-refractivity contribution in [3.8, 4) is 0 Å². The Morgan fingerprint density at radius 1 is 1.09 bits per heavy atom. The van der Waals surface area contributed by atoms with Crippen LogP contribution in [0.4, 0.5) is 0 Å². The zero-order valence-electron chi connectivity index (χ0n) is 14.9. The van der Waals surface area contributed by atoms with Crippen LogP contribution in [0.25, 0.3) is 0 Å².